The van der Waals surface area contributed by atoms with Crippen LogP contribution in [0, 0.1) is 6.92 Å². The number of benzene rings is 1. The van der Waals surface area contributed by atoms with E-state index in [9.17, 15) is 4.79 Å². The summed E-state index contributed by atoms with van der Waals surface area (Å²) in [6.07, 6.45) is 2.69. The Labute approximate surface area is 202 Å². The lowest BCUT2D eigenvalue weighted by molar-refractivity contribution is -0.164. The molecule has 0 bridgehead atoms. The first-order chi connectivity index (χ1) is 16.1. The summed E-state index contributed by atoms with van der Waals surface area (Å²) in [5.41, 5.74) is 4.22. The van der Waals surface area contributed by atoms with E-state index in [1.54, 1.807) is 27.7 Å². The van der Waals surface area contributed by atoms with Crippen LogP contribution in [-0.4, -0.2) is 48.4 Å². The maximum absolute atomic E-state index is 12.9. The maximum atomic E-state index is 12.9. The van der Waals surface area contributed by atoms with Gasteiger partial charge in [0.15, 0.2) is 11.8 Å². The predicted octanol–water partition coefficient (Wildman–Crippen LogP) is 4.27. The van der Waals surface area contributed by atoms with Crippen LogP contribution in [0.5, 0.6) is 0 Å². The lowest BCUT2D eigenvalue weighted by Crippen LogP contribution is -2.29. The average Bonchev–Trinajstić information content (AvgIpc) is 3.37. The van der Waals surface area contributed by atoms with Crippen LogP contribution in [0.3, 0.4) is 0 Å². The number of fused-ring (bicyclic) bond motifs is 1. The molecule has 0 N–H and O–H groups in total. The van der Waals surface area contributed by atoms with Gasteiger partial charge < -0.3 is 9.47 Å². The second-order valence-electron chi connectivity index (χ2n) is 9.07. The van der Waals surface area contributed by atoms with Crippen molar-refractivity contribution in [3.05, 3.63) is 58.5 Å². The Hall–Kier alpha value is -3.30. The molecule has 4 rings (SSSR count). The third-order valence-corrected chi connectivity index (χ3v) is 5.50. The Balaban J connectivity index is 1.97. The van der Waals surface area contributed by atoms with E-state index in [1.165, 1.54) is 7.11 Å². The minimum absolute atomic E-state index is 0.453. The Morgan fingerprint density at radius 2 is 1.91 bits per heavy atom. The highest BCUT2D eigenvalue weighted by atomic mass is 35.5. The van der Waals surface area contributed by atoms with Gasteiger partial charge >= 0.3 is 5.97 Å². The van der Waals surface area contributed by atoms with Crippen LogP contribution in [0.25, 0.3) is 22.3 Å². The van der Waals surface area contributed by atoms with Crippen molar-refractivity contribution in [2.75, 3.05) is 7.11 Å². The Bertz CT molecular complexity index is 1340. The first-order valence-electron chi connectivity index (χ1n) is 10.8. The molecule has 0 unspecified atom stereocenters. The van der Waals surface area contributed by atoms with E-state index in [-0.39, 0.29) is 0 Å². The molecule has 0 spiro atoms. The predicted molar refractivity (Wildman–Crippen MR) is 128 cm³/mol. The van der Waals surface area contributed by atoms with Gasteiger partial charge in [-0.1, -0.05) is 28.9 Å². The lowest BCUT2D eigenvalue weighted by atomic mass is 9.93. The van der Waals surface area contributed by atoms with Crippen LogP contribution in [0.4, 0.5) is 0 Å². The summed E-state index contributed by atoms with van der Waals surface area (Å²) in [4.78, 5) is 17.7. The zero-order valence-corrected chi connectivity index (χ0v) is 20.8. The summed E-state index contributed by atoms with van der Waals surface area (Å²) < 4.78 is 14.8. The molecule has 0 radical (unpaired) electrons. The second kappa shape index (κ2) is 9.15. The molecule has 0 amide bonds. The topological polar surface area (TPSA) is 96.9 Å². The zero-order chi connectivity index (χ0) is 24.6. The number of hydrogen-bond donors (Lipinski definition) is 0. The van der Waals surface area contributed by atoms with Crippen LogP contribution in [0.15, 0.2) is 36.7 Å². The summed E-state index contributed by atoms with van der Waals surface area (Å²) in [5, 5.41) is 13.7. The summed E-state index contributed by atoms with van der Waals surface area (Å²) in [6, 6.07) is 7.34. The van der Waals surface area contributed by atoms with Crippen LogP contribution in [0.2, 0.25) is 5.02 Å². The molecule has 0 fully saturated rings. The third kappa shape index (κ3) is 4.80. The molecule has 0 aliphatic rings. The third-order valence-electron chi connectivity index (χ3n) is 5.25. The quantitative estimate of drug-likeness (QED) is 0.378. The fourth-order valence-corrected chi connectivity index (χ4v) is 3.98. The number of carbonyl (C=O) groups is 1. The monoisotopic (exact) mass is 482 g/mol. The summed E-state index contributed by atoms with van der Waals surface area (Å²) in [5.74, 6) is -0.517. The SMILES string of the molecule is COC(=O)[C@@H](OC(C)(C)C)c1c(C)nc2c(nnn2Cc2cnn(C)c2)c1-c1ccc(Cl)cc1. The van der Waals surface area contributed by atoms with Crippen molar-refractivity contribution in [2.24, 2.45) is 7.05 Å². The summed E-state index contributed by atoms with van der Waals surface area (Å²) >= 11 is 6.16. The maximum Gasteiger partial charge on any atom is 0.339 e. The van der Waals surface area contributed by atoms with E-state index < -0.39 is 17.7 Å². The van der Waals surface area contributed by atoms with Crippen LogP contribution in [-0.2, 0) is 27.9 Å². The minimum atomic E-state index is -1.00. The van der Waals surface area contributed by atoms with Crippen molar-refractivity contribution in [2.45, 2.75) is 45.9 Å². The Morgan fingerprint density at radius 3 is 2.50 bits per heavy atom. The van der Waals surface area contributed by atoms with Crippen molar-refractivity contribution in [3.8, 4) is 11.1 Å². The van der Waals surface area contributed by atoms with Gasteiger partial charge in [-0.2, -0.15) is 5.10 Å². The van der Waals surface area contributed by atoms with Gasteiger partial charge in [0.1, 0.15) is 5.52 Å². The van der Waals surface area contributed by atoms with Gasteiger partial charge in [-0.15, -0.1) is 5.10 Å². The number of halogens is 1. The largest absolute Gasteiger partial charge is 0.467 e. The van der Waals surface area contributed by atoms with Gasteiger partial charge in [-0.05, 0) is 45.4 Å². The van der Waals surface area contributed by atoms with Gasteiger partial charge in [0.05, 0.1) is 25.5 Å². The number of nitrogens with zero attached hydrogens (tertiary/aromatic N) is 6. The van der Waals surface area contributed by atoms with Gasteiger partial charge in [0, 0.05) is 40.7 Å². The number of esters is 1. The van der Waals surface area contributed by atoms with E-state index in [0.29, 0.717) is 39.6 Å². The molecule has 1 atom stereocenters. The summed E-state index contributed by atoms with van der Waals surface area (Å²) in [6.45, 7) is 7.95. The number of methoxy groups -OCH3 is 1. The molecular formula is C24H27ClN6O3. The van der Waals surface area contributed by atoms with Gasteiger partial charge in [0.25, 0.3) is 0 Å². The van der Waals surface area contributed by atoms with Crippen LogP contribution < -0.4 is 0 Å². The van der Waals surface area contributed by atoms with E-state index in [0.717, 1.165) is 11.1 Å². The van der Waals surface area contributed by atoms with E-state index in [2.05, 4.69) is 15.4 Å². The van der Waals surface area contributed by atoms with Crippen molar-refractivity contribution < 1.29 is 14.3 Å². The smallest absolute Gasteiger partial charge is 0.339 e. The average molecular weight is 483 g/mol. The van der Waals surface area contributed by atoms with Gasteiger partial charge in [0.2, 0.25) is 0 Å². The highest BCUT2D eigenvalue weighted by Gasteiger charge is 2.34. The molecule has 0 aliphatic heterocycles. The van der Waals surface area contributed by atoms with Crippen molar-refractivity contribution >= 4 is 28.7 Å². The molecule has 0 saturated heterocycles. The Morgan fingerprint density at radius 1 is 1.21 bits per heavy atom. The second-order valence-corrected chi connectivity index (χ2v) is 9.50. The van der Waals surface area contributed by atoms with E-state index in [1.807, 2.05) is 53.1 Å². The minimum Gasteiger partial charge on any atom is -0.467 e. The summed E-state index contributed by atoms with van der Waals surface area (Å²) in [7, 11) is 3.20. The fourth-order valence-electron chi connectivity index (χ4n) is 3.86. The number of aromatic nitrogens is 6. The normalized spacial score (nSPS) is 12.8. The molecular weight excluding hydrogens is 456 g/mol. The molecule has 3 heterocycles. The number of aryl methyl sites for hydroxylation is 2. The van der Waals surface area contributed by atoms with E-state index in [4.69, 9.17) is 26.1 Å². The molecule has 0 aliphatic carbocycles. The van der Waals surface area contributed by atoms with Gasteiger partial charge in [-0.25, -0.2) is 14.5 Å². The lowest BCUT2D eigenvalue weighted by Gasteiger charge is -2.28. The highest BCUT2D eigenvalue weighted by Crippen LogP contribution is 2.39. The zero-order valence-electron chi connectivity index (χ0n) is 20.0. The molecule has 34 heavy (non-hydrogen) atoms. The molecule has 1 aromatic carbocycles. The molecule has 0 saturated carbocycles. The van der Waals surface area contributed by atoms with Crippen LogP contribution in [0.1, 0.15) is 43.7 Å². The van der Waals surface area contributed by atoms with Crippen molar-refractivity contribution in [1.29, 1.82) is 0 Å². The highest BCUT2D eigenvalue weighted by molar-refractivity contribution is 6.30. The Kier molecular flexibility index (Phi) is 6.42. The molecule has 4 aromatic rings. The molecule has 9 nitrogen and oxygen atoms in total. The number of ether oxygens (including phenoxy) is 2. The number of hydrogen-bond acceptors (Lipinski definition) is 7. The van der Waals surface area contributed by atoms with Gasteiger partial charge in [-0.3, -0.25) is 4.68 Å². The van der Waals surface area contributed by atoms with Crippen molar-refractivity contribution in [1.82, 2.24) is 29.8 Å². The molecule has 178 valence electrons. The number of rotatable bonds is 6. The fraction of sp³-hybridized carbons (Fsp3) is 0.375. The molecule has 3 aromatic heterocycles. The number of pyridine rings is 1. The number of carbonyl (C=O) groups excluding carboxylic acids is 1. The molecule has 10 heteroatoms. The van der Waals surface area contributed by atoms with E-state index >= 15 is 0 Å². The first kappa shape index (κ1) is 23.8. The standard InChI is InChI=1S/C24H27ClN6O3/c1-14-18(21(23(32)33-6)34-24(2,3)4)19(16-7-9-17(25)10-8-16)20-22(27-14)31(29-28-20)13-15-11-26-30(5)12-15/h7-12,21H,13H2,1-6H3/t21-/m0/s1. The van der Waals surface area contributed by atoms with Crippen LogP contribution >= 0.6 is 11.6 Å². The first-order valence-corrected chi connectivity index (χ1v) is 11.2. The van der Waals surface area contributed by atoms with Crippen molar-refractivity contribution in [3.63, 3.8) is 0 Å².